The number of carbonyl (C=O) groups excluding carboxylic acids is 1. The van der Waals surface area contributed by atoms with Crippen LogP contribution in [0.25, 0.3) is 0 Å². The monoisotopic (exact) mass is 232 g/mol. The van der Waals surface area contributed by atoms with E-state index in [0.29, 0.717) is 0 Å². The van der Waals surface area contributed by atoms with Gasteiger partial charge in [-0.05, 0) is 13.8 Å². The minimum absolute atomic E-state index is 0.0106. The molecule has 2 heterocycles. The summed E-state index contributed by atoms with van der Waals surface area (Å²) in [5.41, 5.74) is 0. The smallest absolute Gasteiger partial charge is 0.302 e. The maximum atomic E-state index is 10.6. The van der Waals surface area contributed by atoms with Crippen molar-refractivity contribution in [2.24, 2.45) is 0 Å². The Morgan fingerprint density at radius 2 is 2.12 bits per heavy atom. The minimum atomic E-state index is -0.842. The molecule has 0 radical (unpaired) electrons. The van der Waals surface area contributed by atoms with E-state index in [1.165, 1.54) is 6.92 Å². The average Bonchev–Trinajstić information content (AvgIpc) is 2.58. The van der Waals surface area contributed by atoms with E-state index in [-0.39, 0.29) is 6.61 Å². The van der Waals surface area contributed by atoms with Gasteiger partial charge in [-0.1, -0.05) is 0 Å². The fraction of sp³-hybridized carbons (Fsp3) is 0.900. The van der Waals surface area contributed by atoms with Crippen molar-refractivity contribution in [3.63, 3.8) is 0 Å². The molecule has 2 saturated heterocycles. The zero-order valence-electron chi connectivity index (χ0n) is 9.50. The van der Waals surface area contributed by atoms with Gasteiger partial charge in [0.05, 0.1) is 0 Å². The van der Waals surface area contributed by atoms with Crippen molar-refractivity contribution in [2.75, 3.05) is 6.61 Å². The minimum Gasteiger partial charge on any atom is -0.463 e. The van der Waals surface area contributed by atoms with Gasteiger partial charge in [-0.2, -0.15) is 0 Å². The summed E-state index contributed by atoms with van der Waals surface area (Å²) >= 11 is 0. The Morgan fingerprint density at radius 3 is 2.69 bits per heavy atom. The standard InChI is InChI=1S/C10H16O6/c1-5(11)13-4-6-7(12)8-9(14-6)16-10(2,3)15-8/h6-9,12H,4H2,1-3H3/t6?,7-,8?,9?/m1/s1. The van der Waals surface area contributed by atoms with Crippen LogP contribution in [0.1, 0.15) is 20.8 Å². The van der Waals surface area contributed by atoms with E-state index >= 15 is 0 Å². The first-order chi connectivity index (χ1) is 7.39. The molecule has 4 atom stereocenters. The van der Waals surface area contributed by atoms with Gasteiger partial charge in [0.2, 0.25) is 0 Å². The summed E-state index contributed by atoms with van der Waals surface area (Å²) in [5.74, 6) is -1.15. The largest absolute Gasteiger partial charge is 0.463 e. The summed E-state index contributed by atoms with van der Waals surface area (Å²) in [4.78, 5) is 10.6. The summed E-state index contributed by atoms with van der Waals surface area (Å²) in [5, 5.41) is 9.88. The van der Waals surface area contributed by atoms with Crippen LogP contribution in [0, 0.1) is 0 Å². The van der Waals surface area contributed by atoms with Crippen LogP contribution in [-0.2, 0) is 23.7 Å². The third-order valence-corrected chi connectivity index (χ3v) is 2.57. The predicted octanol–water partition coefficient (Wildman–Crippen LogP) is -0.213. The normalized spacial score (nSPS) is 40.8. The van der Waals surface area contributed by atoms with E-state index in [1.807, 2.05) is 0 Å². The molecule has 0 saturated carbocycles. The number of ether oxygens (including phenoxy) is 4. The maximum absolute atomic E-state index is 10.6. The van der Waals surface area contributed by atoms with Gasteiger partial charge in [-0.3, -0.25) is 4.79 Å². The van der Waals surface area contributed by atoms with E-state index in [0.717, 1.165) is 0 Å². The molecule has 6 heteroatoms. The lowest BCUT2D eigenvalue weighted by Crippen LogP contribution is -2.36. The van der Waals surface area contributed by atoms with Gasteiger partial charge in [0, 0.05) is 6.92 Å². The Bertz CT molecular complexity index is 289. The second kappa shape index (κ2) is 3.96. The first kappa shape index (κ1) is 11.8. The molecule has 2 rings (SSSR count). The van der Waals surface area contributed by atoms with Crippen molar-refractivity contribution in [3.8, 4) is 0 Å². The van der Waals surface area contributed by atoms with Crippen LogP contribution in [0.4, 0.5) is 0 Å². The van der Waals surface area contributed by atoms with Crippen LogP contribution in [0.3, 0.4) is 0 Å². The molecule has 0 aromatic carbocycles. The molecule has 2 aliphatic rings. The quantitative estimate of drug-likeness (QED) is 0.664. The molecule has 92 valence electrons. The molecule has 0 spiro atoms. The van der Waals surface area contributed by atoms with Crippen molar-refractivity contribution in [2.45, 2.75) is 51.2 Å². The Labute approximate surface area is 93.4 Å². The van der Waals surface area contributed by atoms with Crippen LogP contribution in [-0.4, -0.2) is 48.1 Å². The topological polar surface area (TPSA) is 74.2 Å². The molecule has 0 aromatic rings. The number of hydrogen-bond acceptors (Lipinski definition) is 6. The zero-order valence-corrected chi connectivity index (χ0v) is 9.50. The number of carbonyl (C=O) groups is 1. The van der Waals surface area contributed by atoms with Crippen molar-refractivity contribution in [1.82, 2.24) is 0 Å². The fourth-order valence-corrected chi connectivity index (χ4v) is 1.90. The lowest BCUT2D eigenvalue weighted by atomic mass is 10.1. The SMILES string of the molecule is CC(=O)OCC1OC2OC(C)(C)OC2[C@@H]1O. The summed E-state index contributed by atoms with van der Waals surface area (Å²) < 4.78 is 21.1. The third kappa shape index (κ3) is 2.20. The van der Waals surface area contributed by atoms with E-state index in [4.69, 9.17) is 18.9 Å². The highest BCUT2D eigenvalue weighted by Gasteiger charge is 2.54. The van der Waals surface area contributed by atoms with Gasteiger partial charge in [-0.15, -0.1) is 0 Å². The van der Waals surface area contributed by atoms with Crippen LogP contribution >= 0.6 is 0 Å². The molecule has 6 nitrogen and oxygen atoms in total. The van der Waals surface area contributed by atoms with Gasteiger partial charge < -0.3 is 24.1 Å². The Kier molecular flexibility index (Phi) is 2.91. The van der Waals surface area contributed by atoms with E-state index in [1.54, 1.807) is 13.8 Å². The number of rotatable bonds is 2. The highest BCUT2D eigenvalue weighted by atomic mass is 16.8. The Morgan fingerprint density at radius 1 is 1.44 bits per heavy atom. The highest BCUT2D eigenvalue weighted by Crippen LogP contribution is 2.37. The second-order valence-corrected chi connectivity index (χ2v) is 4.44. The molecule has 3 unspecified atom stereocenters. The molecule has 0 bridgehead atoms. The van der Waals surface area contributed by atoms with Crippen LogP contribution in [0.15, 0.2) is 0 Å². The molecular weight excluding hydrogens is 216 g/mol. The molecule has 2 aliphatic heterocycles. The fourth-order valence-electron chi connectivity index (χ4n) is 1.90. The van der Waals surface area contributed by atoms with Gasteiger partial charge in [0.15, 0.2) is 12.1 Å². The Hall–Kier alpha value is -0.690. The average molecular weight is 232 g/mol. The predicted molar refractivity (Wildman–Crippen MR) is 51.3 cm³/mol. The molecule has 0 aliphatic carbocycles. The maximum Gasteiger partial charge on any atom is 0.302 e. The zero-order chi connectivity index (χ0) is 11.9. The summed E-state index contributed by atoms with van der Waals surface area (Å²) in [7, 11) is 0. The van der Waals surface area contributed by atoms with Gasteiger partial charge in [0.1, 0.15) is 24.9 Å². The van der Waals surface area contributed by atoms with Crippen LogP contribution < -0.4 is 0 Å². The highest BCUT2D eigenvalue weighted by molar-refractivity contribution is 5.65. The van der Waals surface area contributed by atoms with Crippen LogP contribution in [0.2, 0.25) is 0 Å². The van der Waals surface area contributed by atoms with Gasteiger partial charge in [0.25, 0.3) is 0 Å². The first-order valence-corrected chi connectivity index (χ1v) is 5.21. The molecule has 2 fully saturated rings. The molecular formula is C10H16O6. The summed E-state index contributed by atoms with van der Waals surface area (Å²) in [6.07, 6.45) is -2.54. The Balaban J connectivity index is 1.92. The van der Waals surface area contributed by atoms with Crippen molar-refractivity contribution in [3.05, 3.63) is 0 Å². The number of hydrogen-bond donors (Lipinski definition) is 1. The molecule has 0 aromatic heterocycles. The summed E-state index contributed by atoms with van der Waals surface area (Å²) in [6, 6.07) is 0. The van der Waals surface area contributed by atoms with Gasteiger partial charge >= 0.3 is 5.97 Å². The summed E-state index contributed by atoms with van der Waals surface area (Å²) in [6.45, 7) is 4.82. The lowest BCUT2D eigenvalue weighted by molar-refractivity contribution is -0.220. The molecule has 0 amide bonds. The van der Waals surface area contributed by atoms with E-state index in [9.17, 15) is 9.90 Å². The third-order valence-electron chi connectivity index (χ3n) is 2.57. The number of aliphatic hydroxyl groups is 1. The number of aliphatic hydroxyl groups excluding tert-OH is 1. The van der Waals surface area contributed by atoms with E-state index < -0.39 is 36.4 Å². The number of fused-ring (bicyclic) bond motifs is 1. The van der Waals surface area contributed by atoms with Crippen LogP contribution in [0.5, 0.6) is 0 Å². The molecule has 16 heavy (non-hydrogen) atoms. The van der Waals surface area contributed by atoms with E-state index in [2.05, 4.69) is 0 Å². The van der Waals surface area contributed by atoms with Crippen molar-refractivity contribution in [1.29, 1.82) is 0 Å². The van der Waals surface area contributed by atoms with Crippen molar-refractivity contribution < 1.29 is 28.8 Å². The van der Waals surface area contributed by atoms with Gasteiger partial charge in [-0.25, -0.2) is 0 Å². The van der Waals surface area contributed by atoms with Crippen molar-refractivity contribution >= 4 is 5.97 Å². The molecule has 1 N–H and O–H groups in total. The number of esters is 1. The lowest BCUT2D eigenvalue weighted by Gasteiger charge is -2.22. The second-order valence-electron chi connectivity index (χ2n) is 4.44. The first-order valence-electron chi connectivity index (χ1n) is 5.21.